The van der Waals surface area contributed by atoms with Crippen molar-refractivity contribution in [2.24, 2.45) is 5.41 Å². The standard InChI is InChI=1S/C24H28O4/c1-17(15-22(26)27)13-14-24(28)18(2)20(21(25)16-23(24,3)4)12-8-11-19-9-6-5-7-10-19/h5-11,13-15,28H,12,16H2,1-4H3,(H,26,27)/b11-8?,14-13+,17-15-/t24-/m1/s1. The molecule has 0 bridgehead atoms. The number of carbonyl (C=O) groups excluding carboxylic acids is 1. The summed E-state index contributed by atoms with van der Waals surface area (Å²) >= 11 is 0. The maximum absolute atomic E-state index is 12.7. The van der Waals surface area contributed by atoms with Crippen LogP contribution in [-0.2, 0) is 9.59 Å². The van der Waals surface area contributed by atoms with Crippen LogP contribution < -0.4 is 0 Å². The van der Waals surface area contributed by atoms with Crippen molar-refractivity contribution in [1.29, 1.82) is 0 Å². The van der Waals surface area contributed by atoms with Crippen molar-refractivity contribution in [3.05, 3.63) is 76.9 Å². The molecule has 148 valence electrons. The molecular weight excluding hydrogens is 352 g/mol. The lowest BCUT2D eigenvalue weighted by atomic mass is 9.62. The van der Waals surface area contributed by atoms with Gasteiger partial charge >= 0.3 is 5.97 Å². The van der Waals surface area contributed by atoms with Crippen LogP contribution in [0.15, 0.2) is 71.4 Å². The topological polar surface area (TPSA) is 74.6 Å². The van der Waals surface area contributed by atoms with Crippen LogP contribution in [-0.4, -0.2) is 27.6 Å². The number of hydrogen-bond donors (Lipinski definition) is 2. The third kappa shape index (κ3) is 4.76. The molecule has 0 fully saturated rings. The molecule has 1 aromatic rings. The van der Waals surface area contributed by atoms with Gasteiger partial charge in [-0.1, -0.05) is 62.4 Å². The van der Waals surface area contributed by atoms with Crippen LogP contribution in [0.4, 0.5) is 0 Å². The summed E-state index contributed by atoms with van der Waals surface area (Å²) in [5, 5.41) is 20.3. The van der Waals surface area contributed by atoms with Crippen LogP contribution in [0.25, 0.3) is 6.08 Å². The first kappa shape index (κ1) is 21.6. The van der Waals surface area contributed by atoms with Gasteiger partial charge in [0.1, 0.15) is 5.60 Å². The SMILES string of the molecule is CC1=C(CC=Cc2ccccc2)C(=O)CC(C)(C)[C@@]1(O)/C=C/C(C)=C\C(=O)O. The molecule has 2 N–H and O–H groups in total. The largest absolute Gasteiger partial charge is 0.478 e. The third-order valence-electron chi connectivity index (χ3n) is 5.37. The number of benzene rings is 1. The van der Waals surface area contributed by atoms with Gasteiger partial charge in [0.15, 0.2) is 5.78 Å². The fraction of sp³-hybridized carbons (Fsp3) is 0.333. The van der Waals surface area contributed by atoms with Gasteiger partial charge in [0.2, 0.25) is 0 Å². The van der Waals surface area contributed by atoms with E-state index in [0.29, 0.717) is 23.1 Å². The van der Waals surface area contributed by atoms with Gasteiger partial charge in [-0.25, -0.2) is 4.79 Å². The van der Waals surface area contributed by atoms with Crippen LogP contribution in [0.3, 0.4) is 0 Å². The number of hydrogen-bond acceptors (Lipinski definition) is 3. The molecule has 0 unspecified atom stereocenters. The molecule has 1 aliphatic carbocycles. The van der Waals surface area contributed by atoms with Crippen LogP contribution in [0.5, 0.6) is 0 Å². The van der Waals surface area contributed by atoms with Gasteiger partial charge < -0.3 is 10.2 Å². The van der Waals surface area contributed by atoms with Gasteiger partial charge in [0.05, 0.1) is 0 Å². The van der Waals surface area contributed by atoms with E-state index in [1.54, 1.807) is 26.0 Å². The number of ketones is 1. The first-order valence-electron chi connectivity index (χ1n) is 9.35. The summed E-state index contributed by atoms with van der Waals surface area (Å²) in [4.78, 5) is 23.5. The lowest BCUT2D eigenvalue weighted by Crippen LogP contribution is -2.49. The molecule has 2 rings (SSSR count). The average Bonchev–Trinajstić information content (AvgIpc) is 2.61. The van der Waals surface area contributed by atoms with Gasteiger partial charge in [0, 0.05) is 23.5 Å². The van der Waals surface area contributed by atoms with E-state index in [-0.39, 0.29) is 12.2 Å². The fourth-order valence-corrected chi connectivity index (χ4v) is 3.58. The van der Waals surface area contributed by atoms with E-state index in [1.165, 1.54) is 0 Å². The van der Waals surface area contributed by atoms with Gasteiger partial charge in [-0.3, -0.25) is 4.79 Å². The quantitative estimate of drug-likeness (QED) is 0.553. The zero-order valence-corrected chi connectivity index (χ0v) is 16.9. The van der Waals surface area contributed by atoms with E-state index in [1.807, 2.05) is 56.3 Å². The maximum atomic E-state index is 12.7. The summed E-state index contributed by atoms with van der Waals surface area (Å²) < 4.78 is 0. The van der Waals surface area contributed by atoms with Crippen molar-refractivity contribution >= 4 is 17.8 Å². The Balaban J connectivity index is 2.37. The molecule has 28 heavy (non-hydrogen) atoms. The van der Waals surface area contributed by atoms with Crippen LogP contribution in [0.2, 0.25) is 0 Å². The molecule has 0 radical (unpaired) electrons. The van der Waals surface area contributed by atoms with Crippen molar-refractivity contribution in [2.75, 3.05) is 0 Å². The minimum absolute atomic E-state index is 0.0380. The molecule has 0 heterocycles. The number of carboxylic acids is 1. The molecule has 0 spiro atoms. The first-order chi connectivity index (χ1) is 13.1. The Kier molecular flexibility index (Phi) is 6.57. The molecule has 0 amide bonds. The minimum atomic E-state index is -1.33. The summed E-state index contributed by atoms with van der Waals surface area (Å²) in [5.74, 6) is -0.998. The molecule has 4 heteroatoms. The fourth-order valence-electron chi connectivity index (χ4n) is 3.58. The van der Waals surface area contributed by atoms with Gasteiger partial charge in [-0.15, -0.1) is 0 Å². The number of allylic oxidation sites excluding steroid dienone is 4. The molecule has 0 saturated heterocycles. The number of Topliss-reactive ketones (excluding diaryl/α,β-unsaturated/α-hetero) is 1. The second-order valence-corrected chi connectivity index (χ2v) is 7.93. The summed E-state index contributed by atoms with van der Waals surface area (Å²) in [6.45, 7) is 7.15. The van der Waals surface area contributed by atoms with Crippen molar-refractivity contribution in [1.82, 2.24) is 0 Å². The Morgan fingerprint density at radius 1 is 1.21 bits per heavy atom. The van der Waals surface area contributed by atoms with Crippen molar-refractivity contribution in [2.45, 2.75) is 46.1 Å². The van der Waals surface area contributed by atoms with E-state index >= 15 is 0 Å². The van der Waals surface area contributed by atoms with E-state index in [4.69, 9.17) is 5.11 Å². The van der Waals surface area contributed by atoms with Crippen LogP contribution >= 0.6 is 0 Å². The highest BCUT2D eigenvalue weighted by Crippen LogP contribution is 2.47. The molecule has 0 aliphatic heterocycles. The first-order valence-corrected chi connectivity index (χ1v) is 9.35. The number of rotatable bonds is 6. The average molecular weight is 380 g/mol. The van der Waals surface area contributed by atoms with Crippen molar-refractivity contribution in [3.8, 4) is 0 Å². The Morgan fingerprint density at radius 2 is 1.86 bits per heavy atom. The molecule has 1 atom stereocenters. The minimum Gasteiger partial charge on any atom is -0.478 e. The second kappa shape index (κ2) is 8.53. The predicted octanol–water partition coefficient (Wildman–Crippen LogP) is 4.72. The van der Waals surface area contributed by atoms with Crippen LogP contribution in [0.1, 0.15) is 46.1 Å². The van der Waals surface area contributed by atoms with E-state index in [0.717, 1.165) is 11.6 Å². The maximum Gasteiger partial charge on any atom is 0.328 e. The van der Waals surface area contributed by atoms with E-state index in [2.05, 4.69) is 0 Å². The molecular formula is C24H28O4. The number of aliphatic carboxylic acids is 1. The van der Waals surface area contributed by atoms with Gasteiger partial charge in [-0.05, 0) is 43.1 Å². The van der Waals surface area contributed by atoms with E-state index < -0.39 is 17.0 Å². The molecule has 0 saturated carbocycles. The lowest BCUT2D eigenvalue weighted by Gasteiger charge is -2.45. The number of aliphatic hydroxyl groups is 1. The van der Waals surface area contributed by atoms with Crippen LogP contribution in [0, 0.1) is 5.41 Å². The van der Waals surface area contributed by atoms with E-state index in [9.17, 15) is 14.7 Å². The normalized spacial score (nSPS) is 23.0. The Labute approximate surface area is 166 Å². The zero-order valence-electron chi connectivity index (χ0n) is 16.9. The smallest absolute Gasteiger partial charge is 0.328 e. The Hall–Kier alpha value is -2.72. The molecule has 1 aliphatic rings. The zero-order chi connectivity index (χ0) is 20.9. The molecule has 0 aromatic heterocycles. The van der Waals surface area contributed by atoms with Gasteiger partial charge in [-0.2, -0.15) is 0 Å². The summed E-state index contributed by atoms with van der Waals surface area (Å²) in [6.07, 6.45) is 8.86. The highest BCUT2D eigenvalue weighted by Gasteiger charge is 2.49. The highest BCUT2D eigenvalue weighted by atomic mass is 16.4. The monoisotopic (exact) mass is 380 g/mol. The van der Waals surface area contributed by atoms with Crippen molar-refractivity contribution in [3.63, 3.8) is 0 Å². The number of carboxylic acid groups (broad SMARTS) is 1. The summed E-state index contributed by atoms with van der Waals surface area (Å²) in [7, 11) is 0. The number of carbonyl (C=O) groups is 2. The predicted molar refractivity (Wildman–Crippen MR) is 112 cm³/mol. The Bertz CT molecular complexity index is 869. The Morgan fingerprint density at radius 3 is 2.46 bits per heavy atom. The second-order valence-electron chi connectivity index (χ2n) is 7.93. The molecule has 4 nitrogen and oxygen atoms in total. The molecule has 1 aromatic carbocycles. The lowest BCUT2D eigenvalue weighted by molar-refractivity contribution is -0.131. The van der Waals surface area contributed by atoms with Gasteiger partial charge in [0.25, 0.3) is 0 Å². The summed E-state index contributed by atoms with van der Waals surface area (Å²) in [6, 6.07) is 9.83. The third-order valence-corrected chi connectivity index (χ3v) is 5.37. The summed E-state index contributed by atoms with van der Waals surface area (Å²) in [5.41, 5.74) is 0.774. The highest BCUT2D eigenvalue weighted by molar-refractivity contribution is 5.98. The van der Waals surface area contributed by atoms with Crippen molar-refractivity contribution < 1.29 is 19.8 Å².